The van der Waals surface area contributed by atoms with Crippen LogP contribution in [0.1, 0.15) is 39.1 Å². The lowest BCUT2D eigenvalue weighted by molar-refractivity contribution is -0.107. The fourth-order valence-corrected chi connectivity index (χ4v) is 5.80. The average molecular weight is 723 g/mol. The van der Waals surface area contributed by atoms with Crippen molar-refractivity contribution in [2.45, 2.75) is 40.5 Å². The maximum absolute atomic E-state index is 13.2. The van der Waals surface area contributed by atoms with Crippen LogP contribution < -0.4 is 20.9 Å². The van der Waals surface area contributed by atoms with E-state index in [-0.39, 0.29) is 44.2 Å². The molecule has 0 bridgehead atoms. The van der Waals surface area contributed by atoms with E-state index in [1.54, 1.807) is 36.7 Å². The molecule has 0 radical (unpaired) electrons. The van der Waals surface area contributed by atoms with Crippen molar-refractivity contribution >= 4 is 17.9 Å². The quantitative estimate of drug-likeness (QED) is 0.244. The van der Waals surface area contributed by atoms with Crippen LogP contribution in [-0.4, -0.2) is 113 Å². The number of carbonyl (C=O) groups excluding carboxylic acids is 1. The molecule has 2 aromatic heterocycles. The number of aromatic nitrogens is 4. The minimum Gasteiger partial charge on any atom is -0.396 e. The number of piperazine rings is 2. The molecule has 2 aromatic carbocycles. The van der Waals surface area contributed by atoms with Crippen molar-refractivity contribution in [2.24, 2.45) is 0 Å². The zero-order valence-electron chi connectivity index (χ0n) is 28.5. The number of benzene rings is 2. The van der Waals surface area contributed by atoms with Crippen molar-refractivity contribution in [3.63, 3.8) is 0 Å². The van der Waals surface area contributed by atoms with E-state index >= 15 is 0 Å². The number of carbonyl (C=O) groups is 1. The molecule has 2 saturated heterocycles. The Hall–Kier alpha value is -4.79. The van der Waals surface area contributed by atoms with Gasteiger partial charge >= 0.3 is 0 Å². The molecule has 282 valence electrons. The summed E-state index contributed by atoms with van der Waals surface area (Å²) in [5, 5.41) is 9.09. The van der Waals surface area contributed by atoms with Crippen molar-refractivity contribution in [3.05, 3.63) is 105 Å². The Balaban J connectivity index is 0.000000270. The summed E-state index contributed by atoms with van der Waals surface area (Å²) in [6.07, 6.45) is 6.13. The molecule has 2 fully saturated rings. The fraction of sp³-hybridized carbons (Fsp3) is 0.447. The molecule has 6 rings (SSSR count). The first kappa shape index (κ1) is 41.6. The second kappa shape index (κ2) is 19.7. The van der Waals surface area contributed by atoms with Gasteiger partial charge in [-0.25, -0.2) is 18.7 Å². The van der Waals surface area contributed by atoms with Crippen LogP contribution in [0.4, 0.5) is 20.4 Å². The van der Waals surface area contributed by atoms with Crippen LogP contribution in [0, 0.1) is 11.6 Å². The predicted molar refractivity (Wildman–Crippen MR) is 202 cm³/mol. The minimum absolute atomic E-state index is 0. The second-order valence-electron chi connectivity index (χ2n) is 12.5. The molecular formula is C38H52F2N8O4. The average Bonchev–Trinajstić information content (AvgIpc) is 3.12. The lowest BCUT2D eigenvalue weighted by Crippen LogP contribution is -2.47. The Morgan fingerprint density at radius 1 is 0.654 bits per heavy atom. The highest BCUT2D eigenvalue weighted by molar-refractivity contribution is 5.50. The van der Waals surface area contributed by atoms with Crippen molar-refractivity contribution in [1.29, 1.82) is 0 Å². The highest BCUT2D eigenvalue weighted by Gasteiger charge is 2.22. The third-order valence-corrected chi connectivity index (χ3v) is 8.80. The van der Waals surface area contributed by atoms with Gasteiger partial charge in [-0.2, -0.15) is 0 Å². The van der Waals surface area contributed by atoms with E-state index in [9.17, 15) is 23.2 Å². The first-order valence-electron chi connectivity index (χ1n) is 16.9. The molecule has 4 aromatic rings. The Kier molecular flexibility index (Phi) is 15.8. The Morgan fingerprint density at radius 3 is 1.40 bits per heavy atom. The maximum atomic E-state index is 13.2. The van der Waals surface area contributed by atoms with E-state index in [1.807, 2.05) is 16.8 Å². The van der Waals surface area contributed by atoms with Gasteiger partial charge in [0.1, 0.15) is 17.9 Å². The smallest absolute Gasteiger partial charge is 0.298 e. The Morgan fingerprint density at radius 2 is 1.04 bits per heavy atom. The zero-order chi connectivity index (χ0) is 35.6. The predicted octanol–water partition coefficient (Wildman–Crippen LogP) is 3.58. The van der Waals surface area contributed by atoms with Crippen LogP contribution in [0.5, 0.6) is 0 Å². The molecular weight excluding hydrogens is 670 g/mol. The highest BCUT2D eigenvalue weighted by atomic mass is 19.1. The standard InChI is InChI=1S/C18H23FN4O2.C18H21FN4O2.2CH4/c2*1-21-8-10-22(11-9-21)17-18(25)23(13-15(20-17)3-2-12-24)16-6-4-14(19)5-7-16;;/h4-7,13,24H,2-3,8-12H2,1H3;4-7,12-13H,2-3,8-11H2,1H3;2*1H4. The topological polar surface area (TPSA) is 120 Å². The van der Waals surface area contributed by atoms with Crippen molar-refractivity contribution in [3.8, 4) is 11.4 Å². The van der Waals surface area contributed by atoms with E-state index < -0.39 is 0 Å². The molecule has 0 atom stereocenters. The summed E-state index contributed by atoms with van der Waals surface area (Å²) in [6.45, 7) is 6.46. The van der Waals surface area contributed by atoms with Gasteiger partial charge in [-0.1, -0.05) is 14.9 Å². The van der Waals surface area contributed by atoms with E-state index in [0.717, 1.165) is 64.3 Å². The SMILES string of the molecule is C.C.CN1CCN(c2nc(CCC=O)cn(-c3ccc(F)cc3)c2=O)CC1.CN1CCN(c2nc(CCCO)cn(-c3ccc(F)cc3)c2=O)CC1. The number of hydrogen-bond donors (Lipinski definition) is 1. The van der Waals surface area contributed by atoms with E-state index in [2.05, 4.69) is 26.8 Å². The number of nitrogens with zero attached hydrogens (tertiary/aromatic N) is 8. The number of aliphatic hydroxyl groups excluding tert-OH is 1. The zero-order valence-corrected chi connectivity index (χ0v) is 28.5. The number of halogens is 2. The monoisotopic (exact) mass is 722 g/mol. The third kappa shape index (κ3) is 10.6. The molecule has 12 nitrogen and oxygen atoms in total. The molecule has 0 unspecified atom stereocenters. The van der Waals surface area contributed by atoms with E-state index in [4.69, 9.17) is 5.11 Å². The van der Waals surface area contributed by atoms with Gasteiger partial charge in [-0.15, -0.1) is 0 Å². The summed E-state index contributed by atoms with van der Waals surface area (Å²) in [7, 11) is 4.10. The summed E-state index contributed by atoms with van der Waals surface area (Å²) in [5.41, 5.74) is 2.16. The van der Waals surface area contributed by atoms with Gasteiger partial charge in [0.05, 0.1) is 11.4 Å². The number of aliphatic hydroxyl groups is 1. The van der Waals surface area contributed by atoms with Gasteiger partial charge in [-0.05, 0) is 81.9 Å². The van der Waals surface area contributed by atoms with E-state index in [1.165, 1.54) is 33.4 Å². The van der Waals surface area contributed by atoms with Crippen LogP contribution in [0.3, 0.4) is 0 Å². The number of aldehydes is 1. The molecule has 0 amide bonds. The van der Waals surface area contributed by atoms with Gasteiger partial charge in [0.15, 0.2) is 11.6 Å². The second-order valence-corrected chi connectivity index (χ2v) is 12.5. The molecule has 0 aliphatic carbocycles. The van der Waals surface area contributed by atoms with Crippen molar-refractivity contribution in [1.82, 2.24) is 28.9 Å². The van der Waals surface area contributed by atoms with Gasteiger partial charge in [0, 0.05) is 89.2 Å². The van der Waals surface area contributed by atoms with Crippen molar-refractivity contribution in [2.75, 3.05) is 82.9 Å². The number of rotatable bonds is 10. The summed E-state index contributed by atoms with van der Waals surface area (Å²) in [4.78, 5) is 54.1. The van der Waals surface area contributed by atoms with Crippen LogP contribution in [0.2, 0.25) is 0 Å². The summed E-state index contributed by atoms with van der Waals surface area (Å²) in [6, 6.07) is 11.6. The summed E-state index contributed by atoms with van der Waals surface area (Å²) < 4.78 is 29.4. The Bertz CT molecular complexity index is 1830. The van der Waals surface area contributed by atoms with Crippen LogP contribution in [-0.2, 0) is 17.6 Å². The Labute approximate surface area is 304 Å². The third-order valence-electron chi connectivity index (χ3n) is 8.80. The molecule has 52 heavy (non-hydrogen) atoms. The normalized spacial score (nSPS) is 14.9. The highest BCUT2D eigenvalue weighted by Crippen LogP contribution is 2.16. The first-order chi connectivity index (χ1) is 24.2. The van der Waals surface area contributed by atoms with Crippen LogP contribution in [0.15, 0.2) is 70.5 Å². The first-order valence-corrected chi connectivity index (χ1v) is 16.9. The lowest BCUT2D eigenvalue weighted by atomic mass is 10.2. The van der Waals surface area contributed by atoms with Crippen molar-refractivity contribution < 1.29 is 18.7 Å². The molecule has 4 heterocycles. The lowest BCUT2D eigenvalue weighted by Gasteiger charge is -2.33. The minimum atomic E-state index is -0.355. The number of aryl methyl sites for hydroxylation is 2. The summed E-state index contributed by atoms with van der Waals surface area (Å²) in [5.74, 6) is 0.116. The molecule has 2 aliphatic rings. The summed E-state index contributed by atoms with van der Waals surface area (Å²) >= 11 is 0. The molecule has 1 N–H and O–H groups in total. The van der Waals surface area contributed by atoms with E-state index in [0.29, 0.717) is 54.4 Å². The molecule has 0 saturated carbocycles. The van der Waals surface area contributed by atoms with Crippen LogP contribution in [0.25, 0.3) is 11.4 Å². The van der Waals surface area contributed by atoms with Gasteiger partial charge < -0.3 is 29.5 Å². The number of hydrogen-bond acceptors (Lipinski definition) is 10. The molecule has 0 spiro atoms. The van der Waals surface area contributed by atoms with Gasteiger partial charge in [-0.3, -0.25) is 18.7 Å². The molecule has 2 aliphatic heterocycles. The fourth-order valence-electron chi connectivity index (χ4n) is 5.80. The number of anilines is 2. The largest absolute Gasteiger partial charge is 0.396 e. The molecule has 14 heteroatoms. The van der Waals surface area contributed by atoms with Gasteiger partial charge in [0.25, 0.3) is 11.1 Å². The maximum Gasteiger partial charge on any atom is 0.298 e. The van der Waals surface area contributed by atoms with Crippen LogP contribution >= 0.6 is 0 Å². The van der Waals surface area contributed by atoms with Gasteiger partial charge in [0.2, 0.25) is 0 Å². The number of likely N-dealkylation sites (N-methyl/N-ethyl adjacent to an activating group) is 2.